The number of H-pyrrole nitrogens is 1. The van der Waals surface area contributed by atoms with Crippen LogP contribution < -0.4 is 0 Å². The zero-order valence-corrected chi connectivity index (χ0v) is 9.86. The van der Waals surface area contributed by atoms with Crippen molar-refractivity contribution >= 4 is 22.5 Å². The zero-order chi connectivity index (χ0) is 13.3. The minimum Gasteiger partial charge on any atom is -0.358 e. The first-order valence-corrected chi connectivity index (χ1v) is 5.55. The minimum atomic E-state index is -4.18. The average molecular weight is 273 g/mol. The molecule has 0 radical (unpaired) electrons. The molecule has 18 heavy (non-hydrogen) atoms. The van der Waals surface area contributed by atoms with Gasteiger partial charge in [-0.3, -0.25) is 0 Å². The molecule has 0 atom stereocenters. The van der Waals surface area contributed by atoms with Crippen LogP contribution in [0.2, 0.25) is 5.02 Å². The molecule has 0 spiro atoms. The Labute approximate surface area is 106 Å². The highest BCUT2D eigenvalue weighted by Crippen LogP contribution is 2.29. The highest BCUT2D eigenvalue weighted by molar-refractivity contribution is 6.36. The second-order valence-electron chi connectivity index (χ2n) is 3.91. The molecule has 0 aliphatic carbocycles. The minimum absolute atomic E-state index is 0.129. The maximum Gasteiger partial charge on any atom is 0.389 e. The molecular weight excluding hydrogens is 265 g/mol. The van der Waals surface area contributed by atoms with Crippen molar-refractivity contribution in [2.45, 2.75) is 19.0 Å². The lowest BCUT2D eigenvalue weighted by molar-refractivity contribution is -0.134. The Morgan fingerprint density at radius 2 is 2.06 bits per heavy atom. The molecule has 1 heterocycles. The average Bonchev–Trinajstić information content (AvgIpc) is 2.70. The molecule has 0 amide bonds. The third-order valence-electron chi connectivity index (χ3n) is 2.59. The number of hydrogen-bond acceptors (Lipinski definition) is 1. The fourth-order valence-corrected chi connectivity index (χ4v) is 1.99. The van der Waals surface area contributed by atoms with Gasteiger partial charge < -0.3 is 4.98 Å². The van der Waals surface area contributed by atoms with Crippen molar-refractivity contribution in [1.29, 1.82) is 5.26 Å². The molecule has 94 valence electrons. The number of hydrogen-bond donors (Lipinski definition) is 1. The quantitative estimate of drug-likeness (QED) is 0.875. The Morgan fingerprint density at radius 1 is 1.33 bits per heavy atom. The monoisotopic (exact) mass is 272 g/mol. The van der Waals surface area contributed by atoms with Crippen LogP contribution in [0.1, 0.15) is 17.7 Å². The van der Waals surface area contributed by atoms with Crippen molar-refractivity contribution in [3.8, 4) is 6.07 Å². The zero-order valence-electron chi connectivity index (χ0n) is 9.11. The third kappa shape index (κ3) is 2.59. The first-order chi connectivity index (χ1) is 8.40. The summed E-state index contributed by atoms with van der Waals surface area (Å²) in [6.45, 7) is 0. The van der Waals surface area contributed by atoms with Gasteiger partial charge in [-0.15, -0.1) is 0 Å². The van der Waals surface area contributed by atoms with Crippen molar-refractivity contribution in [1.82, 2.24) is 4.98 Å². The lowest BCUT2D eigenvalue weighted by Crippen LogP contribution is -2.08. The number of nitrogens with zero attached hydrogens (tertiary/aromatic N) is 1. The van der Waals surface area contributed by atoms with Crippen LogP contribution in [0.5, 0.6) is 0 Å². The molecule has 2 nitrogen and oxygen atoms in total. The van der Waals surface area contributed by atoms with Crippen LogP contribution in [0.25, 0.3) is 10.9 Å². The number of aromatic amines is 1. The number of rotatable bonds is 2. The van der Waals surface area contributed by atoms with Gasteiger partial charge in [0.1, 0.15) is 6.07 Å². The van der Waals surface area contributed by atoms with Crippen molar-refractivity contribution in [2.24, 2.45) is 0 Å². The van der Waals surface area contributed by atoms with Gasteiger partial charge in [-0.05, 0) is 24.6 Å². The summed E-state index contributed by atoms with van der Waals surface area (Å²) in [6, 6.07) is 6.66. The first kappa shape index (κ1) is 12.8. The number of alkyl halides is 3. The molecule has 0 saturated heterocycles. The van der Waals surface area contributed by atoms with Gasteiger partial charge in [-0.1, -0.05) is 11.6 Å². The molecule has 6 heteroatoms. The van der Waals surface area contributed by atoms with Crippen molar-refractivity contribution < 1.29 is 13.2 Å². The van der Waals surface area contributed by atoms with Crippen LogP contribution in [0, 0.1) is 11.3 Å². The first-order valence-electron chi connectivity index (χ1n) is 5.17. The number of aryl methyl sites for hydroxylation is 1. The van der Waals surface area contributed by atoms with Gasteiger partial charge in [0, 0.05) is 23.0 Å². The van der Waals surface area contributed by atoms with E-state index in [9.17, 15) is 13.2 Å². The Bertz CT molecular complexity index is 623. The molecular formula is C12H8ClF3N2. The lowest BCUT2D eigenvalue weighted by atomic mass is 10.1. The summed E-state index contributed by atoms with van der Waals surface area (Å²) >= 11 is 5.98. The van der Waals surface area contributed by atoms with E-state index in [4.69, 9.17) is 16.9 Å². The summed E-state index contributed by atoms with van der Waals surface area (Å²) in [6.07, 6.45) is -5.20. The number of fused-ring (bicyclic) bond motifs is 1. The van der Waals surface area contributed by atoms with Crippen molar-refractivity contribution in [2.75, 3.05) is 0 Å². The molecule has 0 bridgehead atoms. The number of nitrogens with one attached hydrogen (secondary N) is 1. The predicted octanol–water partition coefficient (Wildman–Crippen LogP) is 4.19. The highest BCUT2D eigenvalue weighted by atomic mass is 35.5. The van der Waals surface area contributed by atoms with Crippen LogP contribution in [0.4, 0.5) is 13.2 Å². The summed E-state index contributed by atoms with van der Waals surface area (Å²) in [5.41, 5.74) is 1.40. The SMILES string of the molecule is N#Cc1ccc2[nH]c(CCC(F)(F)F)cc2c1Cl. The largest absolute Gasteiger partial charge is 0.389 e. The van der Waals surface area contributed by atoms with E-state index in [2.05, 4.69) is 4.98 Å². The van der Waals surface area contributed by atoms with E-state index in [1.807, 2.05) is 6.07 Å². The van der Waals surface area contributed by atoms with Crippen LogP contribution in [-0.2, 0) is 6.42 Å². The van der Waals surface area contributed by atoms with E-state index in [0.29, 0.717) is 22.2 Å². The van der Waals surface area contributed by atoms with Gasteiger partial charge in [0.05, 0.1) is 10.6 Å². The van der Waals surface area contributed by atoms with Crippen molar-refractivity contribution in [3.05, 3.63) is 34.5 Å². The molecule has 0 saturated carbocycles. The standard InChI is InChI=1S/C12H8ClF3N2/c13-11-7(6-17)1-2-10-9(11)5-8(18-10)3-4-12(14,15)16/h1-2,5,18H,3-4H2. The van der Waals surface area contributed by atoms with E-state index in [1.165, 1.54) is 6.07 Å². The summed E-state index contributed by atoms with van der Waals surface area (Å²) in [7, 11) is 0. The summed E-state index contributed by atoms with van der Waals surface area (Å²) < 4.78 is 36.3. The topological polar surface area (TPSA) is 39.6 Å². The van der Waals surface area contributed by atoms with E-state index < -0.39 is 12.6 Å². The fraction of sp³-hybridized carbons (Fsp3) is 0.250. The molecule has 2 rings (SSSR count). The summed E-state index contributed by atoms with van der Waals surface area (Å²) in [5.74, 6) is 0. The van der Waals surface area contributed by atoms with Gasteiger partial charge in [-0.25, -0.2) is 0 Å². The van der Waals surface area contributed by atoms with Crippen LogP contribution in [-0.4, -0.2) is 11.2 Å². The molecule has 0 aliphatic heterocycles. The number of halogens is 4. The second kappa shape index (κ2) is 4.54. The van der Waals surface area contributed by atoms with Gasteiger partial charge in [0.15, 0.2) is 0 Å². The molecule has 1 aromatic carbocycles. The fourth-order valence-electron chi connectivity index (χ4n) is 1.72. The van der Waals surface area contributed by atoms with Crippen LogP contribution >= 0.6 is 11.6 Å². The maximum absolute atomic E-state index is 12.1. The number of aromatic nitrogens is 1. The highest BCUT2D eigenvalue weighted by Gasteiger charge is 2.26. The predicted molar refractivity (Wildman–Crippen MR) is 62.4 cm³/mol. The van der Waals surface area contributed by atoms with E-state index in [-0.39, 0.29) is 11.4 Å². The Morgan fingerprint density at radius 3 is 2.67 bits per heavy atom. The smallest absolute Gasteiger partial charge is 0.358 e. The lowest BCUT2D eigenvalue weighted by Gasteiger charge is -2.03. The molecule has 0 unspecified atom stereocenters. The van der Waals surface area contributed by atoms with Gasteiger partial charge in [0.25, 0.3) is 0 Å². The van der Waals surface area contributed by atoms with E-state index in [1.54, 1.807) is 12.1 Å². The van der Waals surface area contributed by atoms with Gasteiger partial charge in [0.2, 0.25) is 0 Å². The Kier molecular flexibility index (Phi) is 3.22. The van der Waals surface area contributed by atoms with Gasteiger partial charge in [-0.2, -0.15) is 18.4 Å². The Hall–Kier alpha value is -1.67. The summed E-state index contributed by atoms with van der Waals surface area (Å²) in [4.78, 5) is 2.87. The van der Waals surface area contributed by atoms with E-state index >= 15 is 0 Å². The molecule has 0 fully saturated rings. The Balaban J connectivity index is 2.34. The van der Waals surface area contributed by atoms with E-state index in [0.717, 1.165) is 0 Å². The summed E-state index contributed by atoms with van der Waals surface area (Å²) in [5, 5.41) is 9.65. The molecule has 1 aromatic heterocycles. The maximum atomic E-state index is 12.1. The third-order valence-corrected chi connectivity index (χ3v) is 3.00. The molecule has 2 aromatic rings. The number of nitriles is 1. The van der Waals surface area contributed by atoms with Crippen molar-refractivity contribution in [3.63, 3.8) is 0 Å². The second-order valence-corrected chi connectivity index (χ2v) is 4.29. The number of benzene rings is 1. The molecule has 1 N–H and O–H groups in total. The van der Waals surface area contributed by atoms with Gasteiger partial charge >= 0.3 is 6.18 Å². The van der Waals surface area contributed by atoms with Crippen LogP contribution in [0.15, 0.2) is 18.2 Å². The van der Waals surface area contributed by atoms with Crippen LogP contribution in [0.3, 0.4) is 0 Å². The molecule has 0 aliphatic rings. The normalized spacial score (nSPS) is 11.7.